The van der Waals surface area contributed by atoms with E-state index in [4.69, 9.17) is 9.47 Å². The van der Waals surface area contributed by atoms with Gasteiger partial charge < -0.3 is 19.7 Å². The van der Waals surface area contributed by atoms with E-state index in [1.54, 1.807) is 0 Å². The van der Waals surface area contributed by atoms with Crippen LogP contribution in [0.5, 0.6) is 5.88 Å². The molecule has 4 heterocycles. The molecule has 2 aromatic heterocycles. The van der Waals surface area contributed by atoms with Crippen molar-refractivity contribution >= 4 is 28.2 Å². The minimum absolute atomic E-state index is 0.0433. The molecule has 4 rings (SSSR count). The molecule has 11 heteroatoms. The van der Waals surface area contributed by atoms with E-state index in [0.717, 1.165) is 36.7 Å². The number of hydrogen-bond acceptors (Lipinski definition) is 9. The lowest BCUT2D eigenvalue weighted by molar-refractivity contribution is -0.114. The molecule has 2 atom stereocenters. The lowest BCUT2D eigenvalue weighted by Crippen LogP contribution is -2.36. The summed E-state index contributed by atoms with van der Waals surface area (Å²) in [6.07, 6.45) is 2.29. The Balaban J connectivity index is 1.36. The number of likely N-dealkylation sites (tertiary alicyclic amines) is 1. The summed E-state index contributed by atoms with van der Waals surface area (Å²) in [5.74, 6) is 0.580. The molecular weight excluding hydrogens is 411 g/mol. The highest BCUT2D eigenvalue weighted by atomic mass is 32.1. The zero-order valence-corrected chi connectivity index (χ0v) is 17.8. The summed E-state index contributed by atoms with van der Waals surface area (Å²) in [5.41, 5.74) is 0. The first-order valence-corrected chi connectivity index (χ1v) is 10.8. The lowest BCUT2D eigenvalue weighted by atomic mass is 10.2. The molecule has 0 radical (unpaired) electrons. The fraction of sp³-hybridized carbons (Fsp3) is 0.579. The second-order valence-corrected chi connectivity index (χ2v) is 8.57. The number of carbonyl (C=O) groups excluding carboxylic acids is 1. The van der Waals surface area contributed by atoms with E-state index in [9.17, 15) is 9.18 Å². The maximum atomic E-state index is 14.2. The Bertz CT molecular complexity index is 891. The van der Waals surface area contributed by atoms with Crippen molar-refractivity contribution in [2.24, 2.45) is 0 Å². The number of hydrogen-bond donors (Lipinski definition) is 1. The van der Waals surface area contributed by atoms with Crippen molar-refractivity contribution in [1.29, 1.82) is 0 Å². The zero-order valence-electron chi connectivity index (χ0n) is 17.0. The predicted octanol–water partition coefficient (Wildman–Crippen LogP) is 1.91. The number of halogens is 1. The first kappa shape index (κ1) is 20.9. The van der Waals surface area contributed by atoms with Gasteiger partial charge >= 0.3 is 0 Å². The molecule has 0 aromatic carbocycles. The molecule has 1 amide bonds. The van der Waals surface area contributed by atoms with Gasteiger partial charge in [0.15, 0.2) is 5.13 Å². The van der Waals surface area contributed by atoms with E-state index in [1.165, 1.54) is 13.3 Å². The number of nitrogens with one attached hydrogen (secondary N) is 1. The van der Waals surface area contributed by atoms with Crippen LogP contribution >= 0.6 is 11.3 Å². The summed E-state index contributed by atoms with van der Waals surface area (Å²) in [4.78, 5) is 28.4. The minimum atomic E-state index is -0.536. The molecule has 2 aliphatic heterocycles. The molecule has 1 N–H and O–H groups in total. The minimum Gasteiger partial charge on any atom is -0.473 e. The van der Waals surface area contributed by atoms with Crippen molar-refractivity contribution in [2.45, 2.75) is 39.0 Å². The SMILES string of the molecule is CC(=O)Nc1nc(F)c(CN2CC(Oc3cc(N4CCOCC4)ncn3)C[C@@H]2C)s1. The van der Waals surface area contributed by atoms with Crippen LogP contribution in [0, 0.1) is 5.95 Å². The Morgan fingerprint density at radius 1 is 1.40 bits per heavy atom. The van der Waals surface area contributed by atoms with Crippen LogP contribution in [0.3, 0.4) is 0 Å². The average molecular weight is 437 g/mol. The normalized spacial score (nSPS) is 22.3. The van der Waals surface area contributed by atoms with Gasteiger partial charge in [-0.05, 0) is 6.92 Å². The Hall–Kier alpha value is -2.37. The van der Waals surface area contributed by atoms with Crippen molar-refractivity contribution < 1.29 is 18.7 Å². The molecule has 2 aliphatic rings. The lowest BCUT2D eigenvalue weighted by Gasteiger charge is -2.27. The average Bonchev–Trinajstić information content (AvgIpc) is 3.23. The van der Waals surface area contributed by atoms with E-state index in [-0.39, 0.29) is 23.2 Å². The maximum absolute atomic E-state index is 14.2. The first-order chi connectivity index (χ1) is 14.5. The molecule has 162 valence electrons. The number of morpholine rings is 1. The summed E-state index contributed by atoms with van der Waals surface area (Å²) >= 11 is 1.16. The highest BCUT2D eigenvalue weighted by Crippen LogP contribution is 2.29. The Morgan fingerprint density at radius 2 is 2.20 bits per heavy atom. The summed E-state index contributed by atoms with van der Waals surface area (Å²) in [5, 5.41) is 2.82. The predicted molar refractivity (Wildman–Crippen MR) is 110 cm³/mol. The van der Waals surface area contributed by atoms with Gasteiger partial charge in [0.25, 0.3) is 0 Å². The van der Waals surface area contributed by atoms with Crippen LogP contribution in [0.25, 0.3) is 0 Å². The molecule has 0 saturated carbocycles. The summed E-state index contributed by atoms with van der Waals surface area (Å²) in [7, 11) is 0. The van der Waals surface area contributed by atoms with Crippen molar-refractivity contribution in [1.82, 2.24) is 19.9 Å². The van der Waals surface area contributed by atoms with Gasteiger partial charge in [-0.15, -0.1) is 0 Å². The van der Waals surface area contributed by atoms with E-state index in [2.05, 4.69) is 37.0 Å². The third kappa shape index (κ3) is 5.02. The third-order valence-electron chi connectivity index (χ3n) is 5.19. The smallest absolute Gasteiger partial charge is 0.230 e. The van der Waals surface area contributed by atoms with Crippen molar-refractivity contribution in [3.05, 3.63) is 23.2 Å². The van der Waals surface area contributed by atoms with Gasteiger partial charge in [0.05, 0.1) is 18.1 Å². The third-order valence-corrected chi connectivity index (χ3v) is 6.13. The van der Waals surface area contributed by atoms with Gasteiger partial charge in [-0.3, -0.25) is 9.69 Å². The molecule has 2 fully saturated rings. The van der Waals surface area contributed by atoms with Gasteiger partial charge in [0.2, 0.25) is 17.7 Å². The van der Waals surface area contributed by atoms with E-state index < -0.39 is 5.95 Å². The largest absolute Gasteiger partial charge is 0.473 e. The topological polar surface area (TPSA) is 92.7 Å². The fourth-order valence-electron chi connectivity index (χ4n) is 3.70. The van der Waals surface area contributed by atoms with E-state index in [1.807, 2.05) is 6.07 Å². The van der Waals surface area contributed by atoms with Gasteiger partial charge in [0.1, 0.15) is 18.2 Å². The van der Waals surface area contributed by atoms with Crippen LogP contribution in [0.1, 0.15) is 25.1 Å². The molecule has 1 unspecified atom stereocenters. The number of aromatic nitrogens is 3. The molecular formula is C19H25FN6O3S. The molecule has 9 nitrogen and oxygen atoms in total. The number of thiazole rings is 1. The van der Waals surface area contributed by atoms with E-state index >= 15 is 0 Å². The van der Waals surface area contributed by atoms with Gasteiger partial charge in [-0.2, -0.15) is 9.37 Å². The standard InChI is InChI=1S/C19H25FN6O3S/c1-12-7-14(9-26(12)10-15-18(20)24-19(30-15)23-13(2)27)29-17-8-16(21-11-22-17)25-3-5-28-6-4-25/h8,11-12,14H,3-7,9-10H2,1-2H3,(H,23,24,27)/t12-,14?/m0/s1. The fourth-order valence-corrected chi connectivity index (χ4v) is 4.62. The van der Waals surface area contributed by atoms with Crippen LogP contribution in [-0.2, 0) is 16.1 Å². The summed E-state index contributed by atoms with van der Waals surface area (Å²) in [6.45, 7) is 7.52. The second kappa shape index (κ2) is 9.19. The second-order valence-electron chi connectivity index (χ2n) is 7.48. The molecule has 0 aliphatic carbocycles. The highest BCUT2D eigenvalue weighted by Gasteiger charge is 2.32. The summed E-state index contributed by atoms with van der Waals surface area (Å²) in [6, 6.07) is 2.09. The molecule has 30 heavy (non-hydrogen) atoms. The van der Waals surface area contributed by atoms with Crippen LogP contribution in [0.2, 0.25) is 0 Å². The van der Waals surface area contributed by atoms with Gasteiger partial charge in [0, 0.05) is 51.6 Å². The monoisotopic (exact) mass is 436 g/mol. The highest BCUT2D eigenvalue weighted by molar-refractivity contribution is 7.15. The van der Waals surface area contributed by atoms with Crippen molar-refractivity contribution in [3.63, 3.8) is 0 Å². The van der Waals surface area contributed by atoms with Crippen LogP contribution < -0.4 is 15.0 Å². The number of rotatable bonds is 6. The number of carbonyl (C=O) groups is 1. The van der Waals surface area contributed by atoms with Crippen molar-refractivity contribution in [2.75, 3.05) is 43.1 Å². The molecule has 2 aromatic rings. The van der Waals surface area contributed by atoms with E-state index in [0.29, 0.717) is 37.1 Å². The molecule has 0 bridgehead atoms. The zero-order chi connectivity index (χ0) is 21.1. The van der Waals surface area contributed by atoms with Crippen LogP contribution in [0.15, 0.2) is 12.4 Å². The Morgan fingerprint density at radius 3 is 2.97 bits per heavy atom. The Kier molecular flexibility index (Phi) is 6.40. The first-order valence-electron chi connectivity index (χ1n) is 9.96. The van der Waals surface area contributed by atoms with Gasteiger partial charge in [-0.25, -0.2) is 9.97 Å². The number of ether oxygens (including phenoxy) is 2. The van der Waals surface area contributed by atoms with Crippen LogP contribution in [0.4, 0.5) is 15.3 Å². The van der Waals surface area contributed by atoms with Crippen LogP contribution in [-0.4, -0.2) is 70.8 Å². The maximum Gasteiger partial charge on any atom is 0.230 e. The van der Waals surface area contributed by atoms with Gasteiger partial charge in [-0.1, -0.05) is 11.3 Å². The Labute approximate surface area is 178 Å². The van der Waals surface area contributed by atoms with Crippen molar-refractivity contribution in [3.8, 4) is 5.88 Å². The number of anilines is 2. The summed E-state index contributed by atoms with van der Waals surface area (Å²) < 4.78 is 25.7. The molecule has 0 spiro atoms. The quantitative estimate of drug-likeness (QED) is 0.734. The molecule has 2 saturated heterocycles. The number of nitrogens with zero attached hydrogens (tertiary/aromatic N) is 5. The number of amides is 1.